The van der Waals surface area contributed by atoms with Crippen molar-refractivity contribution in [2.24, 2.45) is 0 Å². The summed E-state index contributed by atoms with van der Waals surface area (Å²) < 4.78 is 1.97. The lowest BCUT2D eigenvalue weighted by Crippen LogP contribution is -2.37. The van der Waals surface area contributed by atoms with Crippen LogP contribution in [-0.2, 0) is 6.54 Å². The summed E-state index contributed by atoms with van der Waals surface area (Å²) in [6.07, 6.45) is 6.26. The molecule has 1 atom stereocenters. The number of amides is 1. The zero-order chi connectivity index (χ0) is 15.2. The number of nitrogens with one attached hydrogen (secondary N) is 2. The molecule has 0 radical (unpaired) electrons. The van der Waals surface area contributed by atoms with Crippen LogP contribution in [0.1, 0.15) is 35.6 Å². The molecule has 7 heteroatoms. The lowest BCUT2D eigenvalue weighted by Gasteiger charge is -2.17. The number of carbonyl (C=O) groups is 1. The Morgan fingerprint density at radius 3 is 2.90 bits per heavy atom. The zero-order valence-corrected chi connectivity index (χ0v) is 13.4. The number of aromatic nitrogens is 3. The summed E-state index contributed by atoms with van der Waals surface area (Å²) in [5.74, 6) is -0.0545. The minimum atomic E-state index is -0.0545. The predicted molar refractivity (Wildman–Crippen MR) is 84.8 cm³/mol. The Morgan fingerprint density at radius 1 is 1.48 bits per heavy atom. The van der Waals surface area contributed by atoms with Crippen molar-refractivity contribution in [3.05, 3.63) is 29.3 Å². The van der Waals surface area contributed by atoms with Crippen LogP contribution in [0.2, 0.25) is 0 Å². The molecule has 2 aromatic heterocycles. The fraction of sp³-hybridized carbons (Fsp3) is 0.500. The predicted octanol–water partition coefficient (Wildman–Crippen LogP) is 2.29. The number of hydrogen-bond donors (Lipinski definition) is 2. The standard InChI is InChI=1S/C14H21N5OS/c1-4-11(8-19-7-6-15-9-19)18-13(20)12-10(3)17-14(21-12)16-5-2/h6-7,9,11H,4-5,8H2,1-3H3,(H,16,17)(H,18,20)/t11-/m1/s1. The Balaban J connectivity index is 2.01. The van der Waals surface area contributed by atoms with E-state index in [4.69, 9.17) is 0 Å². The summed E-state index contributed by atoms with van der Waals surface area (Å²) in [6.45, 7) is 7.45. The quantitative estimate of drug-likeness (QED) is 0.823. The fourth-order valence-corrected chi connectivity index (χ4v) is 2.95. The molecule has 0 bridgehead atoms. The monoisotopic (exact) mass is 307 g/mol. The average molecular weight is 307 g/mol. The van der Waals surface area contributed by atoms with Gasteiger partial charge in [0.2, 0.25) is 0 Å². The molecule has 0 aliphatic carbocycles. The van der Waals surface area contributed by atoms with Crippen LogP contribution in [0.15, 0.2) is 18.7 Å². The van der Waals surface area contributed by atoms with E-state index >= 15 is 0 Å². The number of thiazole rings is 1. The van der Waals surface area contributed by atoms with Gasteiger partial charge in [0.05, 0.1) is 12.0 Å². The van der Waals surface area contributed by atoms with Crippen molar-refractivity contribution in [2.75, 3.05) is 11.9 Å². The maximum atomic E-state index is 12.4. The molecule has 0 spiro atoms. The van der Waals surface area contributed by atoms with E-state index in [1.165, 1.54) is 11.3 Å². The first-order valence-electron chi connectivity index (χ1n) is 7.11. The van der Waals surface area contributed by atoms with Gasteiger partial charge in [-0.15, -0.1) is 0 Å². The molecule has 0 fully saturated rings. The van der Waals surface area contributed by atoms with Crippen molar-refractivity contribution in [1.82, 2.24) is 19.9 Å². The Labute approximate surface area is 128 Å². The van der Waals surface area contributed by atoms with E-state index in [1.54, 1.807) is 12.5 Å². The van der Waals surface area contributed by atoms with Gasteiger partial charge in [-0.2, -0.15) is 0 Å². The van der Waals surface area contributed by atoms with Crippen LogP contribution < -0.4 is 10.6 Å². The second-order valence-electron chi connectivity index (χ2n) is 4.80. The van der Waals surface area contributed by atoms with Gasteiger partial charge in [-0.25, -0.2) is 9.97 Å². The van der Waals surface area contributed by atoms with Crippen LogP contribution in [0.5, 0.6) is 0 Å². The number of imidazole rings is 1. The number of nitrogens with zero attached hydrogens (tertiary/aromatic N) is 3. The van der Waals surface area contributed by atoms with Crippen molar-refractivity contribution < 1.29 is 4.79 Å². The molecule has 0 saturated heterocycles. The third-order valence-corrected chi connectivity index (χ3v) is 4.26. The van der Waals surface area contributed by atoms with Gasteiger partial charge in [-0.05, 0) is 20.3 Å². The molecule has 2 heterocycles. The van der Waals surface area contributed by atoms with Gasteiger partial charge in [0, 0.05) is 31.5 Å². The molecule has 2 N–H and O–H groups in total. The first kappa shape index (κ1) is 15.5. The van der Waals surface area contributed by atoms with E-state index in [9.17, 15) is 4.79 Å². The molecule has 0 unspecified atom stereocenters. The number of carbonyl (C=O) groups excluding carboxylic acids is 1. The molecule has 6 nitrogen and oxygen atoms in total. The smallest absolute Gasteiger partial charge is 0.263 e. The highest BCUT2D eigenvalue weighted by Crippen LogP contribution is 2.22. The second kappa shape index (κ2) is 7.21. The first-order valence-corrected chi connectivity index (χ1v) is 7.93. The highest BCUT2D eigenvalue weighted by Gasteiger charge is 2.18. The van der Waals surface area contributed by atoms with Gasteiger partial charge >= 0.3 is 0 Å². The van der Waals surface area contributed by atoms with Crippen LogP contribution in [0.4, 0.5) is 5.13 Å². The summed E-state index contributed by atoms with van der Waals surface area (Å²) in [5.41, 5.74) is 0.769. The minimum absolute atomic E-state index is 0.0545. The van der Waals surface area contributed by atoms with Crippen molar-refractivity contribution in [2.45, 2.75) is 39.8 Å². The summed E-state index contributed by atoms with van der Waals surface area (Å²) in [7, 11) is 0. The average Bonchev–Trinajstić information content (AvgIpc) is 3.08. The largest absolute Gasteiger partial charge is 0.362 e. The summed E-state index contributed by atoms with van der Waals surface area (Å²) >= 11 is 1.40. The molecule has 1 amide bonds. The highest BCUT2D eigenvalue weighted by atomic mass is 32.1. The van der Waals surface area contributed by atoms with Crippen LogP contribution in [0.25, 0.3) is 0 Å². The van der Waals surface area contributed by atoms with Gasteiger partial charge in [0.25, 0.3) is 5.91 Å². The van der Waals surface area contributed by atoms with E-state index in [0.29, 0.717) is 4.88 Å². The van der Waals surface area contributed by atoms with Crippen molar-refractivity contribution in [3.63, 3.8) is 0 Å². The number of aryl methyl sites for hydroxylation is 1. The number of hydrogen-bond acceptors (Lipinski definition) is 5. The third kappa shape index (κ3) is 4.04. The molecule has 0 aliphatic heterocycles. The van der Waals surface area contributed by atoms with Crippen LogP contribution >= 0.6 is 11.3 Å². The molecule has 0 aromatic carbocycles. The Morgan fingerprint density at radius 2 is 2.29 bits per heavy atom. The Kier molecular flexibility index (Phi) is 5.32. The Hall–Kier alpha value is -1.89. The van der Waals surface area contributed by atoms with Crippen LogP contribution in [0, 0.1) is 6.92 Å². The normalized spacial score (nSPS) is 12.1. The molecule has 2 aromatic rings. The lowest BCUT2D eigenvalue weighted by molar-refractivity contribution is 0.0935. The van der Waals surface area contributed by atoms with E-state index in [2.05, 4.69) is 27.5 Å². The summed E-state index contributed by atoms with van der Waals surface area (Å²) in [6, 6.07) is 0.0794. The van der Waals surface area contributed by atoms with E-state index in [1.807, 2.05) is 24.6 Å². The van der Waals surface area contributed by atoms with Gasteiger partial charge in [-0.3, -0.25) is 4.79 Å². The van der Waals surface area contributed by atoms with Crippen molar-refractivity contribution in [3.8, 4) is 0 Å². The van der Waals surface area contributed by atoms with E-state index < -0.39 is 0 Å². The molecule has 21 heavy (non-hydrogen) atoms. The second-order valence-corrected chi connectivity index (χ2v) is 5.80. The van der Waals surface area contributed by atoms with Crippen LogP contribution in [0.3, 0.4) is 0 Å². The number of anilines is 1. The summed E-state index contributed by atoms with van der Waals surface area (Å²) in [4.78, 5) is 21.4. The lowest BCUT2D eigenvalue weighted by atomic mass is 10.2. The molecule has 0 saturated carbocycles. The third-order valence-electron chi connectivity index (χ3n) is 3.15. The van der Waals surface area contributed by atoms with E-state index in [-0.39, 0.29) is 11.9 Å². The fourth-order valence-electron chi connectivity index (χ4n) is 2.01. The maximum Gasteiger partial charge on any atom is 0.263 e. The molecule has 114 valence electrons. The van der Waals surface area contributed by atoms with Gasteiger partial charge in [0.15, 0.2) is 5.13 Å². The van der Waals surface area contributed by atoms with Gasteiger partial charge < -0.3 is 15.2 Å². The minimum Gasteiger partial charge on any atom is -0.362 e. The van der Waals surface area contributed by atoms with Crippen molar-refractivity contribution >= 4 is 22.4 Å². The molecule has 2 rings (SSSR count). The molecular formula is C14H21N5OS. The maximum absolute atomic E-state index is 12.4. The Bertz CT molecular complexity index is 578. The van der Waals surface area contributed by atoms with E-state index in [0.717, 1.165) is 30.3 Å². The topological polar surface area (TPSA) is 71.8 Å². The molecule has 0 aliphatic rings. The number of rotatable bonds is 7. The van der Waals surface area contributed by atoms with Gasteiger partial charge in [0.1, 0.15) is 4.88 Å². The van der Waals surface area contributed by atoms with Crippen LogP contribution in [-0.4, -0.2) is 33.0 Å². The highest BCUT2D eigenvalue weighted by molar-refractivity contribution is 7.17. The zero-order valence-electron chi connectivity index (χ0n) is 12.6. The summed E-state index contributed by atoms with van der Waals surface area (Å²) in [5, 5.41) is 7.01. The van der Waals surface area contributed by atoms with Crippen molar-refractivity contribution in [1.29, 1.82) is 0 Å². The van der Waals surface area contributed by atoms with Gasteiger partial charge in [-0.1, -0.05) is 18.3 Å². The first-order chi connectivity index (χ1) is 10.1. The molecular weight excluding hydrogens is 286 g/mol. The SMILES string of the molecule is CCNc1nc(C)c(C(=O)N[C@H](CC)Cn2ccnc2)s1.